The summed E-state index contributed by atoms with van der Waals surface area (Å²) < 4.78 is 33.7. The summed E-state index contributed by atoms with van der Waals surface area (Å²) in [4.78, 5) is 13.8. The smallest absolute Gasteiger partial charge is 0.279 e. The number of quaternary nitrogens is 1. The average molecular weight is 531 g/mol. The van der Waals surface area contributed by atoms with Gasteiger partial charge in [0.25, 0.3) is 5.91 Å². The van der Waals surface area contributed by atoms with Gasteiger partial charge in [-0.1, -0.05) is 34.1 Å². The molecule has 1 aliphatic heterocycles. The van der Waals surface area contributed by atoms with E-state index in [4.69, 9.17) is 4.74 Å². The van der Waals surface area contributed by atoms with Crippen LogP contribution in [-0.2, 0) is 14.8 Å². The second-order valence-corrected chi connectivity index (χ2v) is 10.6. The first-order chi connectivity index (χ1) is 15.9. The fraction of sp³-hybridized carbons (Fsp3) is 0.208. The number of halogens is 1. The van der Waals surface area contributed by atoms with E-state index in [2.05, 4.69) is 21.2 Å². The Morgan fingerprint density at radius 3 is 2.15 bits per heavy atom. The van der Waals surface area contributed by atoms with Gasteiger partial charge in [0, 0.05) is 10.2 Å². The van der Waals surface area contributed by atoms with Gasteiger partial charge in [0.2, 0.25) is 10.0 Å². The molecule has 3 aromatic carbocycles. The fourth-order valence-corrected chi connectivity index (χ4v) is 5.34. The molecular weight excluding hydrogens is 506 g/mol. The SMILES string of the molecule is O=C(C[NH+]1CCN(S(=O)(=O)c2ccc(Br)cc2)CC1)Nc1ccc(Oc2ccccc2)cc1. The van der Waals surface area contributed by atoms with Gasteiger partial charge in [-0.15, -0.1) is 0 Å². The van der Waals surface area contributed by atoms with Crippen molar-refractivity contribution in [3.8, 4) is 11.5 Å². The second-order valence-electron chi connectivity index (χ2n) is 7.77. The summed E-state index contributed by atoms with van der Waals surface area (Å²) in [5, 5.41) is 2.90. The second kappa shape index (κ2) is 10.5. The molecule has 7 nitrogen and oxygen atoms in total. The normalized spacial score (nSPS) is 15.2. The van der Waals surface area contributed by atoms with Crippen LogP contribution in [-0.4, -0.2) is 51.4 Å². The molecular formula is C24H25BrN3O4S+. The van der Waals surface area contributed by atoms with Gasteiger partial charge in [-0.25, -0.2) is 8.42 Å². The van der Waals surface area contributed by atoms with Crippen molar-refractivity contribution >= 4 is 37.5 Å². The van der Waals surface area contributed by atoms with Crippen molar-refractivity contribution in [3.63, 3.8) is 0 Å². The van der Waals surface area contributed by atoms with Crippen LogP contribution in [0.5, 0.6) is 11.5 Å². The molecule has 1 saturated heterocycles. The Morgan fingerprint density at radius 1 is 0.909 bits per heavy atom. The van der Waals surface area contributed by atoms with E-state index in [1.807, 2.05) is 30.3 Å². The van der Waals surface area contributed by atoms with E-state index < -0.39 is 10.0 Å². The minimum Gasteiger partial charge on any atom is -0.457 e. The van der Waals surface area contributed by atoms with Crippen LogP contribution in [0.1, 0.15) is 0 Å². The third-order valence-electron chi connectivity index (χ3n) is 5.41. The number of benzene rings is 3. The molecule has 0 radical (unpaired) electrons. The number of piperazine rings is 1. The van der Waals surface area contributed by atoms with E-state index in [9.17, 15) is 13.2 Å². The third-order valence-corrected chi connectivity index (χ3v) is 7.85. The Hall–Kier alpha value is -2.72. The molecule has 0 saturated carbocycles. The Bertz CT molecular complexity index is 1180. The van der Waals surface area contributed by atoms with E-state index in [1.165, 1.54) is 4.31 Å². The summed E-state index contributed by atoms with van der Waals surface area (Å²) in [6.07, 6.45) is 0. The van der Waals surface area contributed by atoms with Crippen molar-refractivity contribution < 1.29 is 22.8 Å². The zero-order valence-corrected chi connectivity index (χ0v) is 20.3. The standard InChI is InChI=1S/C24H24BrN3O4S/c25-19-6-12-23(13-7-19)33(30,31)28-16-14-27(15-17-28)18-24(29)26-20-8-10-22(11-9-20)32-21-4-2-1-3-5-21/h1-13H,14-18H2,(H,26,29)/p+1. The van der Waals surface area contributed by atoms with E-state index in [0.717, 1.165) is 15.1 Å². The van der Waals surface area contributed by atoms with Crippen molar-refractivity contribution in [3.05, 3.63) is 83.3 Å². The highest BCUT2D eigenvalue weighted by atomic mass is 79.9. The van der Waals surface area contributed by atoms with Gasteiger partial charge in [-0.05, 0) is 60.7 Å². The quantitative estimate of drug-likeness (QED) is 0.492. The Kier molecular flexibility index (Phi) is 7.44. The fourth-order valence-electron chi connectivity index (χ4n) is 3.64. The monoisotopic (exact) mass is 530 g/mol. The average Bonchev–Trinajstić information content (AvgIpc) is 2.82. The van der Waals surface area contributed by atoms with Crippen LogP contribution in [0.3, 0.4) is 0 Å². The zero-order valence-electron chi connectivity index (χ0n) is 17.9. The molecule has 1 aliphatic rings. The van der Waals surface area contributed by atoms with Crippen LogP contribution in [0.25, 0.3) is 0 Å². The molecule has 0 bridgehead atoms. The molecule has 33 heavy (non-hydrogen) atoms. The molecule has 0 spiro atoms. The van der Waals surface area contributed by atoms with Crippen LogP contribution in [0, 0.1) is 0 Å². The first-order valence-electron chi connectivity index (χ1n) is 10.6. The number of hydrogen-bond acceptors (Lipinski definition) is 4. The lowest BCUT2D eigenvalue weighted by molar-refractivity contribution is -0.895. The Balaban J connectivity index is 1.26. The van der Waals surface area contributed by atoms with Crippen LogP contribution in [0.2, 0.25) is 0 Å². The number of rotatable bonds is 7. The van der Waals surface area contributed by atoms with E-state index >= 15 is 0 Å². The maximum atomic E-state index is 12.8. The summed E-state index contributed by atoms with van der Waals surface area (Å²) in [6, 6.07) is 23.3. The lowest BCUT2D eigenvalue weighted by Crippen LogP contribution is -3.15. The van der Waals surface area contributed by atoms with Crippen molar-refractivity contribution in [2.45, 2.75) is 4.90 Å². The summed E-state index contributed by atoms with van der Waals surface area (Å²) in [7, 11) is -3.52. The minimum absolute atomic E-state index is 0.106. The topological polar surface area (TPSA) is 80.2 Å². The predicted octanol–water partition coefficient (Wildman–Crippen LogP) is 2.77. The van der Waals surface area contributed by atoms with Gasteiger partial charge in [-0.2, -0.15) is 4.31 Å². The number of anilines is 1. The van der Waals surface area contributed by atoms with Crippen LogP contribution in [0.15, 0.2) is 88.2 Å². The maximum absolute atomic E-state index is 12.8. The van der Waals surface area contributed by atoms with E-state index in [1.54, 1.807) is 48.5 Å². The van der Waals surface area contributed by atoms with Crippen molar-refractivity contribution in [1.29, 1.82) is 0 Å². The number of amides is 1. The lowest BCUT2D eigenvalue weighted by Gasteiger charge is -2.31. The molecule has 4 rings (SSSR count). The summed E-state index contributed by atoms with van der Waals surface area (Å²) >= 11 is 3.32. The van der Waals surface area contributed by atoms with E-state index in [0.29, 0.717) is 37.6 Å². The number of nitrogens with one attached hydrogen (secondary N) is 2. The van der Waals surface area contributed by atoms with Crippen molar-refractivity contribution in [2.24, 2.45) is 0 Å². The molecule has 3 aromatic rings. The number of carbonyl (C=O) groups is 1. The molecule has 1 fully saturated rings. The molecule has 0 aromatic heterocycles. The maximum Gasteiger partial charge on any atom is 0.279 e. The van der Waals surface area contributed by atoms with Crippen LogP contribution >= 0.6 is 15.9 Å². The molecule has 1 amide bonds. The summed E-state index contributed by atoms with van der Waals surface area (Å²) in [5.74, 6) is 1.33. The summed E-state index contributed by atoms with van der Waals surface area (Å²) in [5.41, 5.74) is 0.691. The van der Waals surface area contributed by atoms with Crippen LogP contribution in [0.4, 0.5) is 5.69 Å². The zero-order chi connectivity index (χ0) is 23.3. The molecule has 2 N–H and O–H groups in total. The van der Waals surface area contributed by atoms with Gasteiger partial charge in [0.05, 0.1) is 31.1 Å². The first kappa shape index (κ1) is 23.4. The molecule has 0 unspecified atom stereocenters. The third kappa shape index (κ3) is 6.20. The van der Waals surface area contributed by atoms with Gasteiger partial charge in [0.1, 0.15) is 11.5 Å². The molecule has 0 aliphatic carbocycles. The Labute approximate surface area is 202 Å². The lowest BCUT2D eigenvalue weighted by atomic mass is 10.3. The number of sulfonamides is 1. The van der Waals surface area contributed by atoms with Crippen molar-refractivity contribution in [2.75, 3.05) is 38.0 Å². The van der Waals surface area contributed by atoms with Crippen LogP contribution < -0.4 is 15.0 Å². The molecule has 172 valence electrons. The van der Waals surface area contributed by atoms with Gasteiger partial charge in [0.15, 0.2) is 6.54 Å². The number of hydrogen-bond donors (Lipinski definition) is 2. The number of nitrogens with zero attached hydrogens (tertiary/aromatic N) is 1. The van der Waals surface area contributed by atoms with Gasteiger partial charge >= 0.3 is 0 Å². The minimum atomic E-state index is -3.52. The number of carbonyl (C=O) groups excluding carboxylic acids is 1. The Morgan fingerprint density at radius 2 is 1.52 bits per heavy atom. The van der Waals surface area contributed by atoms with Gasteiger partial charge in [-0.3, -0.25) is 4.79 Å². The predicted molar refractivity (Wildman–Crippen MR) is 130 cm³/mol. The highest BCUT2D eigenvalue weighted by Gasteiger charge is 2.31. The largest absolute Gasteiger partial charge is 0.457 e. The molecule has 0 atom stereocenters. The highest BCUT2D eigenvalue weighted by Crippen LogP contribution is 2.22. The molecule has 9 heteroatoms. The molecule has 1 heterocycles. The van der Waals surface area contributed by atoms with E-state index in [-0.39, 0.29) is 17.3 Å². The number of ether oxygens (including phenoxy) is 1. The summed E-state index contributed by atoms with van der Waals surface area (Å²) in [6.45, 7) is 2.20. The highest BCUT2D eigenvalue weighted by molar-refractivity contribution is 9.10. The van der Waals surface area contributed by atoms with Gasteiger partial charge < -0.3 is 15.0 Å². The number of para-hydroxylation sites is 1. The van der Waals surface area contributed by atoms with Crippen molar-refractivity contribution in [1.82, 2.24) is 4.31 Å². The first-order valence-corrected chi connectivity index (χ1v) is 12.9.